The molecule has 5 rings (SSSR count). The Kier molecular flexibility index (Phi) is 6.47. The molecule has 0 spiro atoms. The maximum atomic E-state index is 13.7. The number of hydrogen-bond donors (Lipinski definition) is 1. The van der Waals surface area contributed by atoms with Crippen LogP contribution in [0.4, 0.5) is 5.69 Å². The summed E-state index contributed by atoms with van der Waals surface area (Å²) in [7, 11) is 0. The van der Waals surface area contributed by atoms with Gasteiger partial charge in [0.15, 0.2) is 0 Å². The standard InChI is InChI=1S/C30H41N3O5/c1-28(2,3)31-26(35)22-12-11-20-18-10-13-24-30(5,21(18)14-16-29(20,22)4)17-15-25(34)32(24)27(36)19-8-6-7-9-23(19)33(37)38/h6-9,18,20-22,24H,10-17H2,1-5H3,(H,31,35)/t18-,20-,21-,22+,24+,29-,30+/m0/s1. The van der Waals surface area contributed by atoms with E-state index in [1.807, 2.05) is 20.8 Å². The molecule has 0 bridgehead atoms. The SMILES string of the molecule is CC(C)(C)NC(=O)[C@H]1CC[C@H]2[C@@H]3CC[C@H]4N(C(=O)c5ccccc5[N+](=O)[O-])C(=O)CC[C@]4(C)[C@H]3CC[C@]12C. The molecule has 206 valence electrons. The summed E-state index contributed by atoms with van der Waals surface area (Å²) < 4.78 is 0. The summed E-state index contributed by atoms with van der Waals surface area (Å²) in [5.41, 5.74) is -0.803. The summed E-state index contributed by atoms with van der Waals surface area (Å²) in [5.74, 6) is 0.683. The van der Waals surface area contributed by atoms with Crippen molar-refractivity contribution in [2.45, 2.75) is 97.6 Å². The Morgan fingerprint density at radius 1 is 1.00 bits per heavy atom. The van der Waals surface area contributed by atoms with Gasteiger partial charge in [-0.05, 0) is 100 Å². The predicted molar refractivity (Wildman–Crippen MR) is 143 cm³/mol. The molecule has 4 fully saturated rings. The molecule has 1 aromatic carbocycles. The van der Waals surface area contributed by atoms with Gasteiger partial charge < -0.3 is 5.32 Å². The van der Waals surface area contributed by atoms with Gasteiger partial charge in [0.25, 0.3) is 11.6 Å². The lowest BCUT2D eigenvalue weighted by Gasteiger charge is -2.61. The zero-order valence-corrected chi connectivity index (χ0v) is 23.3. The van der Waals surface area contributed by atoms with E-state index in [4.69, 9.17) is 0 Å². The summed E-state index contributed by atoms with van der Waals surface area (Å²) >= 11 is 0. The van der Waals surface area contributed by atoms with E-state index in [0.717, 1.165) is 38.5 Å². The van der Waals surface area contributed by atoms with Crippen molar-refractivity contribution in [3.63, 3.8) is 0 Å². The molecule has 3 aliphatic carbocycles. The fraction of sp³-hybridized carbons (Fsp3) is 0.700. The fourth-order valence-corrected chi connectivity index (χ4v) is 8.97. The van der Waals surface area contributed by atoms with Gasteiger partial charge in [-0.2, -0.15) is 0 Å². The fourth-order valence-electron chi connectivity index (χ4n) is 8.97. The van der Waals surface area contributed by atoms with Crippen molar-refractivity contribution in [2.75, 3.05) is 0 Å². The van der Waals surface area contributed by atoms with Crippen LogP contribution in [0.3, 0.4) is 0 Å². The molecule has 0 radical (unpaired) electrons. The second kappa shape index (κ2) is 9.16. The summed E-state index contributed by atoms with van der Waals surface area (Å²) in [6.07, 6.45) is 6.53. The van der Waals surface area contributed by atoms with Gasteiger partial charge in [-0.25, -0.2) is 0 Å². The maximum Gasteiger partial charge on any atom is 0.282 e. The summed E-state index contributed by atoms with van der Waals surface area (Å²) in [6.45, 7) is 10.6. The van der Waals surface area contributed by atoms with Gasteiger partial charge in [0.2, 0.25) is 11.8 Å². The minimum absolute atomic E-state index is 0.0165. The van der Waals surface area contributed by atoms with E-state index >= 15 is 0 Å². The van der Waals surface area contributed by atoms with E-state index < -0.39 is 10.8 Å². The normalized spacial score (nSPS) is 36.6. The molecule has 7 atom stereocenters. The van der Waals surface area contributed by atoms with Crippen LogP contribution < -0.4 is 5.32 Å². The van der Waals surface area contributed by atoms with Gasteiger partial charge in [-0.3, -0.25) is 29.4 Å². The number of nitro benzene ring substituents is 1. The molecule has 3 saturated carbocycles. The number of amides is 3. The minimum atomic E-state index is -0.550. The highest BCUT2D eigenvalue weighted by molar-refractivity contribution is 6.07. The third-order valence-electron chi connectivity index (χ3n) is 10.6. The van der Waals surface area contributed by atoms with Crippen molar-refractivity contribution in [1.82, 2.24) is 10.2 Å². The molecule has 0 aromatic heterocycles. The Hall–Kier alpha value is -2.77. The Bertz CT molecular complexity index is 1170. The van der Waals surface area contributed by atoms with Crippen molar-refractivity contribution in [1.29, 1.82) is 0 Å². The highest BCUT2D eigenvalue weighted by atomic mass is 16.6. The molecule has 8 heteroatoms. The molecule has 4 aliphatic rings. The molecule has 3 amide bonds. The van der Waals surface area contributed by atoms with Crippen molar-refractivity contribution in [3.8, 4) is 0 Å². The molecule has 1 aromatic rings. The Morgan fingerprint density at radius 2 is 1.68 bits per heavy atom. The van der Waals surface area contributed by atoms with Gasteiger partial charge in [0.1, 0.15) is 5.56 Å². The van der Waals surface area contributed by atoms with Crippen molar-refractivity contribution in [3.05, 3.63) is 39.9 Å². The number of nitro groups is 1. The lowest BCUT2D eigenvalue weighted by Crippen LogP contribution is -2.63. The number of carbonyl (C=O) groups excluding carboxylic acids is 3. The molecule has 8 nitrogen and oxygen atoms in total. The van der Waals surface area contributed by atoms with Crippen LogP contribution in [-0.4, -0.2) is 39.1 Å². The number of imide groups is 1. The largest absolute Gasteiger partial charge is 0.351 e. The summed E-state index contributed by atoms with van der Waals surface area (Å²) in [6, 6.07) is 5.67. The average Bonchev–Trinajstić information content (AvgIpc) is 3.20. The molecule has 1 aliphatic heterocycles. The zero-order valence-electron chi connectivity index (χ0n) is 23.3. The number of nitrogens with zero attached hydrogens (tertiary/aromatic N) is 2. The Labute approximate surface area is 225 Å². The number of carbonyl (C=O) groups is 3. The monoisotopic (exact) mass is 523 g/mol. The highest BCUT2D eigenvalue weighted by Gasteiger charge is 2.63. The lowest BCUT2D eigenvalue weighted by molar-refractivity contribution is -0.385. The molecule has 1 heterocycles. The molecule has 1 N–H and O–H groups in total. The van der Waals surface area contributed by atoms with E-state index in [1.165, 1.54) is 23.1 Å². The zero-order chi connectivity index (χ0) is 27.6. The molecule has 0 unspecified atom stereocenters. The topological polar surface area (TPSA) is 110 Å². The maximum absolute atomic E-state index is 13.7. The number of rotatable bonds is 3. The van der Waals surface area contributed by atoms with Crippen LogP contribution in [0.5, 0.6) is 0 Å². The third-order valence-corrected chi connectivity index (χ3v) is 10.6. The lowest BCUT2D eigenvalue weighted by atomic mass is 9.46. The van der Waals surface area contributed by atoms with E-state index in [0.29, 0.717) is 24.2 Å². The van der Waals surface area contributed by atoms with Crippen molar-refractivity contribution in [2.24, 2.45) is 34.5 Å². The Morgan fingerprint density at radius 3 is 2.37 bits per heavy atom. The second-order valence-electron chi connectivity index (χ2n) is 13.7. The highest BCUT2D eigenvalue weighted by Crippen LogP contribution is 2.66. The number of benzene rings is 1. The molecule has 38 heavy (non-hydrogen) atoms. The number of fused-ring (bicyclic) bond motifs is 5. The van der Waals surface area contributed by atoms with Gasteiger partial charge in [-0.15, -0.1) is 0 Å². The second-order valence-corrected chi connectivity index (χ2v) is 13.7. The first-order chi connectivity index (χ1) is 17.8. The van der Waals surface area contributed by atoms with Crippen LogP contribution in [0.1, 0.15) is 96.3 Å². The number of nitrogens with one attached hydrogen (secondary N) is 1. The molecular weight excluding hydrogens is 482 g/mol. The van der Waals surface area contributed by atoms with Gasteiger partial charge in [0.05, 0.1) is 4.92 Å². The predicted octanol–water partition coefficient (Wildman–Crippen LogP) is 5.50. The van der Waals surface area contributed by atoms with Crippen LogP contribution in [-0.2, 0) is 9.59 Å². The smallest absolute Gasteiger partial charge is 0.282 e. The number of hydrogen-bond acceptors (Lipinski definition) is 5. The van der Waals surface area contributed by atoms with Gasteiger partial charge in [-0.1, -0.05) is 26.0 Å². The number of para-hydroxylation sites is 1. The number of piperidine rings is 1. The van der Waals surface area contributed by atoms with Crippen LogP contribution in [0.25, 0.3) is 0 Å². The van der Waals surface area contributed by atoms with E-state index in [-0.39, 0.29) is 57.8 Å². The Balaban J connectivity index is 1.42. The summed E-state index contributed by atoms with van der Waals surface area (Å²) in [5, 5.41) is 14.9. The van der Waals surface area contributed by atoms with Crippen LogP contribution in [0.15, 0.2) is 24.3 Å². The quantitative estimate of drug-likeness (QED) is 0.320. The van der Waals surface area contributed by atoms with Gasteiger partial charge >= 0.3 is 0 Å². The van der Waals surface area contributed by atoms with Crippen LogP contribution in [0.2, 0.25) is 0 Å². The minimum Gasteiger partial charge on any atom is -0.351 e. The number of likely N-dealkylation sites (tertiary alicyclic amines) is 1. The first kappa shape index (κ1) is 26.8. The van der Waals surface area contributed by atoms with Crippen molar-refractivity contribution < 1.29 is 19.3 Å². The molecule has 1 saturated heterocycles. The van der Waals surface area contributed by atoms with E-state index in [1.54, 1.807) is 6.07 Å². The van der Waals surface area contributed by atoms with Gasteiger partial charge in [0, 0.05) is 30.0 Å². The van der Waals surface area contributed by atoms with Crippen LogP contribution in [0, 0.1) is 44.6 Å². The van der Waals surface area contributed by atoms with Crippen molar-refractivity contribution >= 4 is 23.4 Å². The van der Waals surface area contributed by atoms with E-state index in [2.05, 4.69) is 19.2 Å². The third kappa shape index (κ3) is 4.15. The average molecular weight is 524 g/mol. The van der Waals surface area contributed by atoms with Crippen LogP contribution >= 0.6 is 0 Å². The summed E-state index contributed by atoms with van der Waals surface area (Å²) in [4.78, 5) is 52.7. The van der Waals surface area contributed by atoms with E-state index in [9.17, 15) is 24.5 Å². The first-order valence-corrected chi connectivity index (χ1v) is 14.2. The molecular formula is C30H41N3O5. The first-order valence-electron chi connectivity index (χ1n) is 14.2.